The Morgan fingerprint density at radius 1 is 1.47 bits per heavy atom. The Labute approximate surface area is 102 Å². The highest BCUT2D eigenvalue weighted by molar-refractivity contribution is 7.99. The highest BCUT2D eigenvalue weighted by atomic mass is 35.5. The molecule has 0 bridgehead atoms. The molecule has 0 atom stereocenters. The number of hydrogen-bond acceptors (Lipinski definition) is 3. The molecule has 1 saturated heterocycles. The number of hydrogen-bond donors (Lipinski definition) is 2. The number of halogens is 1. The zero-order valence-corrected chi connectivity index (χ0v) is 11.0. The number of carbonyl (C=O) groups is 1. The van der Waals surface area contributed by atoms with Crippen LogP contribution in [0.4, 0.5) is 0 Å². The van der Waals surface area contributed by atoms with Gasteiger partial charge in [-0.3, -0.25) is 4.79 Å². The van der Waals surface area contributed by atoms with E-state index in [1.807, 2.05) is 25.6 Å². The van der Waals surface area contributed by atoms with Crippen molar-refractivity contribution in [1.82, 2.24) is 5.32 Å². The van der Waals surface area contributed by atoms with Crippen LogP contribution in [0, 0.1) is 5.41 Å². The van der Waals surface area contributed by atoms with Crippen LogP contribution in [0.1, 0.15) is 26.7 Å². The lowest BCUT2D eigenvalue weighted by atomic mass is 9.92. The SMILES string of the molecule is CC(C)(CN)C(=O)NC1CCSCC1.Cl. The first kappa shape index (κ1) is 15.1. The van der Waals surface area contributed by atoms with Gasteiger partial charge in [0.25, 0.3) is 0 Å². The topological polar surface area (TPSA) is 55.1 Å². The molecule has 1 rings (SSSR count). The smallest absolute Gasteiger partial charge is 0.227 e. The van der Waals surface area contributed by atoms with Crippen molar-refractivity contribution in [2.24, 2.45) is 11.1 Å². The van der Waals surface area contributed by atoms with Gasteiger partial charge in [-0.1, -0.05) is 0 Å². The predicted molar refractivity (Wildman–Crippen MR) is 68.6 cm³/mol. The first-order valence-electron chi connectivity index (χ1n) is 5.15. The van der Waals surface area contributed by atoms with Gasteiger partial charge in [-0.25, -0.2) is 0 Å². The quantitative estimate of drug-likeness (QED) is 0.799. The highest BCUT2D eigenvalue weighted by Gasteiger charge is 2.28. The lowest BCUT2D eigenvalue weighted by molar-refractivity contribution is -0.129. The van der Waals surface area contributed by atoms with Gasteiger partial charge in [0.2, 0.25) is 5.91 Å². The minimum absolute atomic E-state index is 0. The fourth-order valence-electron chi connectivity index (χ4n) is 1.32. The van der Waals surface area contributed by atoms with E-state index in [1.165, 1.54) is 0 Å². The molecule has 0 radical (unpaired) electrons. The van der Waals surface area contributed by atoms with Crippen LogP contribution >= 0.6 is 24.2 Å². The largest absolute Gasteiger partial charge is 0.353 e. The van der Waals surface area contributed by atoms with Crippen molar-refractivity contribution in [3.8, 4) is 0 Å². The number of nitrogens with two attached hydrogens (primary N) is 1. The average molecular weight is 253 g/mol. The molecular formula is C10H21ClN2OS. The Morgan fingerprint density at radius 3 is 2.47 bits per heavy atom. The van der Waals surface area contributed by atoms with Crippen LogP contribution in [0.5, 0.6) is 0 Å². The van der Waals surface area contributed by atoms with E-state index in [0.29, 0.717) is 12.6 Å². The first-order chi connectivity index (χ1) is 6.56. The van der Waals surface area contributed by atoms with Gasteiger partial charge in [0.1, 0.15) is 0 Å². The summed E-state index contributed by atoms with van der Waals surface area (Å²) in [5.41, 5.74) is 5.12. The minimum Gasteiger partial charge on any atom is -0.353 e. The van der Waals surface area contributed by atoms with Crippen molar-refractivity contribution < 1.29 is 4.79 Å². The maximum atomic E-state index is 11.8. The Kier molecular flexibility index (Phi) is 6.64. The minimum atomic E-state index is -0.426. The standard InChI is InChI=1S/C10H20N2OS.ClH/c1-10(2,7-11)9(13)12-8-3-5-14-6-4-8;/h8H,3-7,11H2,1-2H3,(H,12,13);1H. The number of thioether (sulfide) groups is 1. The third kappa shape index (κ3) is 4.62. The Bertz CT molecular complexity index is 206. The molecule has 90 valence electrons. The molecule has 1 heterocycles. The van der Waals surface area contributed by atoms with E-state index in [2.05, 4.69) is 5.32 Å². The number of amides is 1. The summed E-state index contributed by atoms with van der Waals surface area (Å²) in [5, 5.41) is 3.08. The van der Waals surface area contributed by atoms with Gasteiger partial charge in [0.05, 0.1) is 5.41 Å². The summed E-state index contributed by atoms with van der Waals surface area (Å²) in [7, 11) is 0. The van der Waals surface area contributed by atoms with E-state index in [9.17, 15) is 4.79 Å². The van der Waals surface area contributed by atoms with Crippen molar-refractivity contribution in [1.29, 1.82) is 0 Å². The third-order valence-corrected chi connectivity index (χ3v) is 3.73. The summed E-state index contributed by atoms with van der Waals surface area (Å²) in [5.74, 6) is 2.42. The zero-order chi connectivity index (χ0) is 10.6. The molecule has 5 heteroatoms. The lowest BCUT2D eigenvalue weighted by Crippen LogP contribution is -2.47. The van der Waals surface area contributed by atoms with Gasteiger partial charge >= 0.3 is 0 Å². The summed E-state index contributed by atoms with van der Waals surface area (Å²) < 4.78 is 0. The van der Waals surface area contributed by atoms with Crippen molar-refractivity contribution in [2.75, 3.05) is 18.1 Å². The van der Waals surface area contributed by atoms with E-state index in [1.54, 1.807) is 0 Å². The van der Waals surface area contributed by atoms with Gasteiger partial charge in [0.15, 0.2) is 0 Å². The van der Waals surface area contributed by atoms with Gasteiger partial charge in [-0.15, -0.1) is 12.4 Å². The van der Waals surface area contributed by atoms with Crippen LogP contribution in [-0.4, -0.2) is 30.0 Å². The van der Waals surface area contributed by atoms with Crippen molar-refractivity contribution in [3.05, 3.63) is 0 Å². The number of nitrogens with one attached hydrogen (secondary N) is 1. The van der Waals surface area contributed by atoms with Crippen LogP contribution in [0.25, 0.3) is 0 Å². The van der Waals surface area contributed by atoms with Gasteiger partial charge < -0.3 is 11.1 Å². The maximum Gasteiger partial charge on any atom is 0.227 e. The second-order valence-corrected chi connectivity index (χ2v) is 5.67. The average Bonchev–Trinajstić information content (AvgIpc) is 2.19. The van der Waals surface area contributed by atoms with Crippen molar-refractivity contribution in [3.63, 3.8) is 0 Å². The zero-order valence-electron chi connectivity index (χ0n) is 9.41. The van der Waals surface area contributed by atoms with Crippen LogP contribution in [0.3, 0.4) is 0 Å². The summed E-state index contributed by atoms with van der Waals surface area (Å²) in [6.07, 6.45) is 2.19. The van der Waals surface area contributed by atoms with Gasteiger partial charge in [-0.05, 0) is 38.2 Å². The van der Waals surface area contributed by atoms with Crippen LogP contribution in [0.2, 0.25) is 0 Å². The molecule has 0 aliphatic carbocycles. The molecule has 0 spiro atoms. The van der Waals surface area contributed by atoms with E-state index in [-0.39, 0.29) is 18.3 Å². The molecule has 0 aromatic rings. The molecule has 1 fully saturated rings. The summed E-state index contributed by atoms with van der Waals surface area (Å²) in [6.45, 7) is 4.18. The molecule has 0 aromatic heterocycles. The van der Waals surface area contributed by atoms with Gasteiger partial charge in [-0.2, -0.15) is 11.8 Å². The second-order valence-electron chi connectivity index (χ2n) is 4.45. The molecule has 1 amide bonds. The first-order valence-corrected chi connectivity index (χ1v) is 6.30. The third-order valence-electron chi connectivity index (χ3n) is 2.68. The molecule has 0 saturated carbocycles. The fraction of sp³-hybridized carbons (Fsp3) is 0.900. The Hall–Kier alpha value is 0.0700. The molecule has 1 aliphatic rings. The summed E-state index contributed by atoms with van der Waals surface area (Å²) in [6, 6.07) is 0.370. The van der Waals surface area contributed by atoms with E-state index in [4.69, 9.17) is 5.73 Å². The molecule has 3 N–H and O–H groups in total. The Morgan fingerprint density at radius 2 is 2.00 bits per heavy atom. The van der Waals surface area contributed by atoms with Gasteiger partial charge in [0, 0.05) is 12.6 Å². The highest BCUT2D eigenvalue weighted by Crippen LogP contribution is 2.19. The summed E-state index contributed by atoms with van der Waals surface area (Å²) in [4.78, 5) is 11.8. The monoisotopic (exact) mass is 252 g/mol. The Balaban J connectivity index is 0.00000196. The normalized spacial score (nSPS) is 18.1. The van der Waals surface area contributed by atoms with E-state index < -0.39 is 5.41 Å². The molecule has 1 aliphatic heterocycles. The van der Waals surface area contributed by atoms with E-state index >= 15 is 0 Å². The van der Waals surface area contributed by atoms with E-state index in [0.717, 1.165) is 24.3 Å². The molecule has 0 unspecified atom stereocenters. The van der Waals surface area contributed by atoms with Crippen LogP contribution in [0.15, 0.2) is 0 Å². The predicted octanol–water partition coefficient (Wildman–Crippen LogP) is 1.40. The number of rotatable bonds is 3. The molecular weight excluding hydrogens is 232 g/mol. The van der Waals surface area contributed by atoms with Crippen molar-refractivity contribution >= 4 is 30.1 Å². The molecule has 3 nitrogen and oxygen atoms in total. The summed E-state index contributed by atoms with van der Waals surface area (Å²) >= 11 is 1.96. The fourth-order valence-corrected chi connectivity index (χ4v) is 2.42. The van der Waals surface area contributed by atoms with Crippen LogP contribution < -0.4 is 11.1 Å². The number of carbonyl (C=O) groups excluding carboxylic acids is 1. The maximum absolute atomic E-state index is 11.8. The molecule has 0 aromatic carbocycles. The second kappa shape index (κ2) is 6.61. The lowest BCUT2D eigenvalue weighted by Gasteiger charge is -2.28. The van der Waals surface area contributed by atoms with Crippen molar-refractivity contribution in [2.45, 2.75) is 32.7 Å². The molecule has 15 heavy (non-hydrogen) atoms. The van der Waals surface area contributed by atoms with Crippen LogP contribution in [-0.2, 0) is 4.79 Å².